The van der Waals surface area contributed by atoms with Gasteiger partial charge in [0.15, 0.2) is 5.69 Å². The van der Waals surface area contributed by atoms with Crippen LogP contribution in [-0.2, 0) is 23.2 Å². The average Bonchev–Trinajstić information content (AvgIpc) is 3.65. The molecule has 1 saturated heterocycles. The Morgan fingerprint density at radius 3 is 2.63 bits per heavy atom. The Balaban J connectivity index is 0.987. The number of nitrogens with one attached hydrogen (secondary N) is 1. The molecule has 0 bridgehead atoms. The van der Waals surface area contributed by atoms with Gasteiger partial charge < -0.3 is 15.1 Å². The topological polar surface area (TPSA) is 100 Å². The van der Waals surface area contributed by atoms with Gasteiger partial charge in [0, 0.05) is 49.8 Å². The monoisotopic (exact) mass is 608 g/mol. The fourth-order valence-electron chi connectivity index (χ4n) is 7.18. The van der Waals surface area contributed by atoms with Gasteiger partial charge in [-0.25, -0.2) is 8.78 Å². The third kappa shape index (κ3) is 4.77. The second kappa shape index (κ2) is 10.7. The molecule has 2 fully saturated rings. The largest absolute Gasteiger partial charge is 0.349 e. The van der Waals surface area contributed by atoms with E-state index in [4.69, 9.17) is 11.6 Å². The predicted octanol–water partition coefficient (Wildman–Crippen LogP) is 4.54. The minimum atomic E-state index is -2.88. The third-order valence-corrected chi connectivity index (χ3v) is 9.62. The van der Waals surface area contributed by atoms with Crippen molar-refractivity contribution >= 4 is 35.0 Å². The SMILES string of the molecule is O=C(N[C@H]1CC[C@H](CN2C(=O)C3(CN(C(=O)c4cc5n(n4)CCC5)C3)c3ccccc32)CC1)c1cc(Cl)cnc1C(F)F. The molecular weight excluding hydrogens is 578 g/mol. The van der Waals surface area contributed by atoms with E-state index in [1.54, 1.807) is 4.90 Å². The molecule has 9 nitrogen and oxygen atoms in total. The molecule has 1 saturated carbocycles. The number of pyridine rings is 1. The van der Waals surface area contributed by atoms with E-state index in [1.807, 2.05) is 39.9 Å². The van der Waals surface area contributed by atoms with Crippen LogP contribution in [0.4, 0.5) is 14.5 Å². The lowest BCUT2D eigenvalue weighted by Crippen LogP contribution is -2.65. The maximum Gasteiger partial charge on any atom is 0.281 e. The van der Waals surface area contributed by atoms with Gasteiger partial charge >= 0.3 is 0 Å². The molecule has 2 aromatic heterocycles. The molecule has 7 rings (SSSR count). The summed E-state index contributed by atoms with van der Waals surface area (Å²) in [5, 5.41) is 7.48. The van der Waals surface area contributed by atoms with E-state index in [9.17, 15) is 23.2 Å². The van der Waals surface area contributed by atoms with Crippen molar-refractivity contribution < 1.29 is 23.2 Å². The van der Waals surface area contributed by atoms with Crippen molar-refractivity contribution in [2.24, 2.45) is 5.92 Å². The molecule has 3 amide bonds. The first-order chi connectivity index (χ1) is 20.7. The fourth-order valence-corrected chi connectivity index (χ4v) is 7.33. The van der Waals surface area contributed by atoms with Gasteiger partial charge in [0.1, 0.15) is 11.1 Å². The molecule has 224 valence electrons. The Bertz CT molecular complexity index is 1590. The number of likely N-dealkylation sites (tertiary alicyclic amines) is 1. The zero-order chi connectivity index (χ0) is 29.9. The molecule has 0 radical (unpaired) electrons. The van der Waals surface area contributed by atoms with Crippen LogP contribution in [0.2, 0.25) is 5.02 Å². The van der Waals surface area contributed by atoms with Gasteiger partial charge in [0.25, 0.3) is 18.2 Å². The number of carbonyl (C=O) groups is 3. The molecule has 0 unspecified atom stereocenters. The first-order valence-electron chi connectivity index (χ1n) is 14.8. The number of hydrogen-bond donors (Lipinski definition) is 1. The van der Waals surface area contributed by atoms with Crippen LogP contribution in [0.25, 0.3) is 0 Å². The minimum Gasteiger partial charge on any atom is -0.349 e. The van der Waals surface area contributed by atoms with Crippen molar-refractivity contribution in [2.45, 2.75) is 63.0 Å². The lowest BCUT2D eigenvalue weighted by Gasteiger charge is -2.46. The van der Waals surface area contributed by atoms with Crippen molar-refractivity contribution in [1.82, 2.24) is 25.0 Å². The highest BCUT2D eigenvalue weighted by atomic mass is 35.5. The zero-order valence-electron chi connectivity index (χ0n) is 23.4. The van der Waals surface area contributed by atoms with Gasteiger partial charge in [-0.15, -0.1) is 0 Å². The Hall–Kier alpha value is -3.86. The number of carbonyl (C=O) groups excluding carboxylic acids is 3. The molecule has 1 spiro atoms. The van der Waals surface area contributed by atoms with Gasteiger partial charge in [-0.1, -0.05) is 29.8 Å². The van der Waals surface area contributed by atoms with E-state index in [-0.39, 0.29) is 34.4 Å². The van der Waals surface area contributed by atoms with Crippen LogP contribution < -0.4 is 10.2 Å². The number of nitrogens with zero attached hydrogens (tertiary/aromatic N) is 5. The molecule has 43 heavy (non-hydrogen) atoms. The van der Waals surface area contributed by atoms with Gasteiger partial charge in [-0.3, -0.25) is 24.0 Å². The van der Waals surface area contributed by atoms with E-state index in [0.29, 0.717) is 38.2 Å². The van der Waals surface area contributed by atoms with E-state index in [0.717, 1.165) is 55.4 Å². The van der Waals surface area contributed by atoms with E-state index >= 15 is 0 Å². The van der Waals surface area contributed by atoms with Crippen LogP contribution in [0.15, 0.2) is 42.6 Å². The number of hydrogen-bond acceptors (Lipinski definition) is 5. The normalized spacial score (nSPS) is 22.1. The molecule has 3 aromatic rings. The number of amides is 3. The summed E-state index contributed by atoms with van der Waals surface area (Å²) in [6, 6.07) is 10.8. The van der Waals surface area contributed by atoms with Crippen LogP contribution in [-0.4, -0.2) is 63.1 Å². The quantitative estimate of drug-likeness (QED) is 0.443. The molecule has 0 atom stereocenters. The summed E-state index contributed by atoms with van der Waals surface area (Å²) in [6.45, 7) is 2.05. The van der Waals surface area contributed by atoms with Crippen LogP contribution in [0.3, 0.4) is 0 Å². The highest BCUT2D eigenvalue weighted by Gasteiger charge is 2.59. The molecule has 1 aromatic carbocycles. The highest BCUT2D eigenvalue weighted by Crippen LogP contribution is 2.48. The molecule has 4 aliphatic rings. The van der Waals surface area contributed by atoms with Crippen LogP contribution in [0.1, 0.15) is 76.3 Å². The number of halogens is 3. The Morgan fingerprint density at radius 2 is 1.88 bits per heavy atom. The maximum atomic E-state index is 14.0. The van der Waals surface area contributed by atoms with Crippen LogP contribution in [0.5, 0.6) is 0 Å². The highest BCUT2D eigenvalue weighted by molar-refractivity contribution is 6.30. The molecule has 1 aliphatic carbocycles. The molecule has 5 heterocycles. The Kier molecular flexibility index (Phi) is 6.95. The van der Waals surface area contributed by atoms with E-state index < -0.39 is 23.4 Å². The Morgan fingerprint density at radius 1 is 1.12 bits per heavy atom. The number of anilines is 1. The number of para-hydroxylation sites is 1. The number of aromatic nitrogens is 3. The minimum absolute atomic E-state index is 0.0218. The predicted molar refractivity (Wildman–Crippen MR) is 154 cm³/mol. The lowest BCUT2D eigenvalue weighted by molar-refractivity contribution is -0.128. The standard InChI is InChI=1S/C31H31ClF2N6O3/c32-19-12-22(26(27(33)34)35-14-19)28(41)36-20-9-7-18(8-10-20)15-39-25-6-2-1-5-23(25)31(30(39)43)16-38(17-31)29(42)24-13-21-4-3-11-40(21)37-24/h1-2,5-6,12-14,18,20,27H,3-4,7-11,15-17H2,(H,36,41)/t18-,20-. The van der Waals surface area contributed by atoms with Crippen molar-refractivity contribution in [3.63, 3.8) is 0 Å². The van der Waals surface area contributed by atoms with Gasteiger partial charge in [0.2, 0.25) is 5.91 Å². The molecule has 12 heteroatoms. The smallest absolute Gasteiger partial charge is 0.281 e. The molecule has 1 N–H and O–H groups in total. The Labute approximate surface area is 252 Å². The summed E-state index contributed by atoms with van der Waals surface area (Å²) in [6.07, 6.45) is 3.08. The van der Waals surface area contributed by atoms with Gasteiger partial charge in [-0.05, 0) is 68.2 Å². The summed E-state index contributed by atoms with van der Waals surface area (Å²) in [5.41, 5.74) is 1.85. The summed E-state index contributed by atoms with van der Waals surface area (Å²) >= 11 is 5.91. The number of aryl methyl sites for hydroxylation is 2. The van der Waals surface area contributed by atoms with Gasteiger partial charge in [-0.2, -0.15) is 5.10 Å². The first-order valence-corrected chi connectivity index (χ1v) is 15.1. The second-order valence-electron chi connectivity index (χ2n) is 12.1. The lowest BCUT2D eigenvalue weighted by atomic mass is 9.74. The summed E-state index contributed by atoms with van der Waals surface area (Å²) in [4.78, 5) is 47.2. The number of benzene rings is 1. The van der Waals surface area contributed by atoms with Crippen molar-refractivity contribution in [3.8, 4) is 0 Å². The number of rotatable bonds is 6. The van der Waals surface area contributed by atoms with Crippen molar-refractivity contribution in [2.75, 3.05) is 24.5 Å². The van der Waals surface area contributed by atoms with E-state index in [1.165, 1.54) is 6.07 Å². The van der Waals surface area contributed by atoms with Gasteiger partial charge in [0.05, 0.1) is 10.6 Å². The maximum absolute atomic E-state index is 14.0. The average molecular weight is 609 g/mol. The van der Waals surface area contributed by atoms with Crippen LogP contribution in [0, 0.1) is 5.92 Å². The van der Waals surface area contributed by atoms with Crippen molar-refractivity contribution in [1.29, 1.82) is 0 Å². The van der Waals surface area contributed by atoms with Crippen molar-refractivity contribution in [3.05, 3.63) is 75.8 Å². The molecule has 3 aliphatic heterocycles. The zero-order valence-corrected chi connectivity index (χ0v) is 24.2. The summed E-state index contributed by atoms with van der Waals surface area (Å²) in [5.74, 6) is -0.501. The number of alkyl halides is 2. The third-order valence-electron chi connectivity index (χ3n) is 9.42. The van der Waals surface area contributed by atoms with Crippen LogP contribution >= 0.6 is 11.6 Å². The summed E-state index contributed by atoms with van der Waals surface area (Å²) < 4.78 is 28.7. The number of fused-ring (bicyclic) bond motifs is 3. The van der Waals surface area contributed by atoms with E-state index in [2.05, 4.69) is 15.4 Å². The summed E-state index contributed by atoms with van der Waals surface area (Å²) in [7, 11) is 0. The molecular formula is C31H31ClF2N6O3. The first kappa shape index (κ1) is 27.9. The second-order valence-corrected chi connectivity index (χ2v) is 12.5. The fraction of sp³-hybridized carbons (Fsp3) is 0.452.